The van der Waals surface area contributed by atoms with Crippen molar-refractivity contribution in [3.63, 3.8) is 0 Å². The van der Waals surface area contributed by atoms with Crippen LogP contribution in [-0.4, -0.2) is 64.5 Å². The lowest BCUT2D eigenvalue weighted by Crippen LogP contribution is -2.29. The summed E-state index contributed by atoms with van der Waals surface area (Å²) in [5.41, 5.74) is 14.2. The SMILES string of the molecule is C[C@@](CCCl)(N=C=S)c1cc([N+](=O)[O-])ccc1F.C[C@@](CCO)(N=C=S)c1cc([N+](=O)[O-])ccc1F.C[C@@]1(c2cc(N)ccc2F)CCSC(N)=N1.C[C@@]1(c2cc([N+](=O)[O-])ccc2F)CCSC(N)=N1.Cl. The third-order valence-corrected chi connectivity index (χ3v) is 12.9. The molecule has 0 fully saturated rings. The van der Waals surface area contributed by atoms with Crippen molar-refractivity contribution in [3.8, 4) is 0 Å². The van der Waals surface area contributed by atoms with Crippen molar-refractivity contribution in [1.29, 1.82) is 0 Å². The van der Waals surface area contributed by atoms with Crippen LogP contribution < -0.4 is 17.2 Å². The summed E-state index contributed by atoms with van der Waals surface area (Å²) in [6.07, 6.45) is 1.75. The molecule has 0 radical (unpaired) electrons. The molecule has 71 heavy (non-hydrogen) atoms. The Balaban J connectivity index is 0.000000323. The number of nitro benzene ring substituents is 3. The van der Waals surface area contributed by atoms with Gasteiger partial charge in [-0.1, -0.05) is 23.5 Å². The van der Waals surface area contributed by atoms with Gasteiger partial charge in [0.15, 0.2) is 10.3 Å². The summed E-state index contributed by atoms with van der Waals surface area (Å²) in [5.74, 6) is -0.202. The standard InChI is InChI=1S/C11H10ClFN2O2S.C11H12FN3O2S.C11H14FN3S.C11H11FN2O3S.ClH/c1-11(4-5-12,14-7-18)9-6-8(15(16)17)2-3-10(9)13;1-11(4-5-18-10(13)14-11)8-6-7(15(16)17)2-3-9(8)12;1-11(4-5-16-10(14)15-11)8-6-7(13)2-3-9(8)12;1-11(4-5-15,13-7-18)9-6-8(14(16)17)2-3-10(9)12;/h2-3,6H,4-5H2,1H3;2-3,6H,4-5H2,1H3,(H2,13,14);2-3,6H,4-5,13H2,1H3,(H2,14,15);2-3,6,15H,4-5H2,1H3;1H/t4*11-;/m0000./s1. The molecule has 382 valence electrons. The molecule has 0 saturated heterocycles. The van der Waals surface area contributed by atoms with Crippen molar-refractivity contribution in [3.05, 3.63) is 149 Å². The van der Waals surface area contributed by atoms with Gasteiger partial charge in [0.05, 0.1) is 47.2 Å². The second kappa shape index (κ2) is 27.3. The van der Waals surface area contributed by atoms with Gasteiger partial charge in [-0.2, -0.15) is 0 Å². The Labute approximate surface area is 435 Å². The van der Waals surface area contributed by atoms with Gasteiger partial charge in [-0.15, -0.1) is 24.0 Å². The molecule has 2 heterocycles. The van der Waals surface area contributed by atoms with E-state index in [9.17, 15) is 47.9 Å². The van der Waals surface area contributed by atoms with Crippen LogP contribution in [0.5, 0.6) is 0 Å². The van der Waals surface area contributed by atoms with E-state index in [0.29, 0.717) is 40.2 Å². The molecule has 7 N–H and O–H groups in total. The molecule has 0 aromatic heterocycles. The van der Waals surface area contributed by atoms with Crippen LogP contribution >= 0.6 is 72.0 Å². The molecule has 0 bridgehead atoms. The average Bonchev–Trinajstić information content (AvgIpc) is 3.28. The molecule has 2 aliphatic heterocycles. The van der Waals surface area contributed by atoms with E-state index < -0.39 is 54.4 Å². The first-order valence-electron chi connectivity index (χ1n) is 20.5. The zero-order valence-electron chi connectivity index (χ0n) is 38.3. The van der Waals surface area contributed by atoms with Crippen molar-refractivity contribution in [2.24, 2.45) is 31.4 Å². The van der Waals surface area contributed by atoms with Gasteiger partial charge in [-0.3, -0.25) is 40.3 Å². The minimum absolute atomic E-state index is 0. The number of hydrogen-bond donors (Lipinski definition) is 4. The normalized spacial score (nSPS) is 18.5. The van der Waals surface area contributed by atoms with Gasteiger partial charge in [0, 0.05) is 94.8 Å². The summed E-state index contributed by atoms with van der Waals surface area (Å²) in [5, 5.41) is 46.3. The molecule has 27 heteroatoms. The van der Waals surface area contributed by atoms with Gasteiger partial charge >= 0.3 is 0 Å². The number of aliphatic imine (C=N–C) groups is 4. The van der Waals surface area contributed by atoms with Crippen molar-refractivity contribution < 1.29 is 37.4 Å². The molecular weight excluding hydrogens is 1060 g/mol. The second-order valence-electron chi connectivity index (χ2n) is 16.0. The molecule has 0 unspecified atom stereocenters. The zero-order valence-corrected chi connectivity index (χ0v) is 43.1. The number of thioether (sulfide) groups is 2. The Bertz CT molecular complexity index is 2670. The molecule has 0 amide bonds. The Kier molecular flexibility index (Phi) is 23.6. The van der Waals surface area contributed by atoms with E-state index in [1.807, 2.05) is 6.92 Å². The van der Waals surface area contributed by atoms with Crippen molar-refractivity contribution >= 4 is 115 Å². The van der Waals surface area contributed by atoms with Gasteiger partial charge in [-0.05, 0) is 108 Å². The minimum atomic E-state index is -1.16. The molecule has 17 nitrogen and oxygen atoms in total. The fourth-order valence-electron chi connectivity index (χ4n) is 6.94. The fraction of sp³-hybridized carbons (Fsp3) is 0.364. The highest BCUT2D eigenvalue weighted by atomic mass is 35.5. The number of amidine groups is 2. The van der Waals surface area contributed by atoms with Crippen molar-refractivity contribution in [2.75, 3.05) is 29.7 Å². The van der Waals surface area contributed by atoms with E-state index in [-0.39, 0.29) is 70.9 Å². The van der Waals surface area contributed by atoms with E-state index in [1.165, 1.54) is 42.6 Å². The van der Waals surface area contributed by atoms with Gasteiger partial charge in [-0.25, -0.2) is 27.5 Å². The number of nitrogens with zero attached hydrogens (tertiary/aromatic N) is 7. The van der Waals surface area contributed by atoms with E-state index >= 15 is 0 Å². The molecule has 0 aliphatic carbocycles. The van der Waals surface area contributed by atoms with Gasteiger partial charge < -0.3 is 22.3 Å². The predicted molar refractivity (Wildman–Crippen MR) is 281 cm³/mol. The number of rotatable bonds is 13. The summed E-state index contributed by atoms with van der Waals surface area (Å²) in [7, 11) is 0. The molecule has 4 atom stereocenters. The number of halogens is 6. The van der Waals surface area contributed by atoms with Crippen LogP contribution in [-0.2, 0) is 22.2 Å². The van der Waals surface area contributed by atoms with Crippen LogP contribution in [0.1, 0.15) is 75.6 Å². The average molecular weight is 1100 g/mol. The van der Waals surface area contributed by atoms with E-state index in [0.717, 1.165) is 60.7 Å². The summed E-state index contributed by atoms with van der Waals surface area (Å²) >= 11 is 17.6. The Hall–Kier alpha value is -5.62. The lowest BCUT2D eigenvalue weighted by molar-refractivity contribution is -0.385. The number of non-ortho nitro benzene ring substituents is 3. The monoisotopic (exact) mass is 1100 g/mol. The van der Waals surface area contributed by atoms with Gasteiger partial charge in [0.2, 0.25) is 0 Å². The van der Waals surface area contributed by atoms with Crippen molar-refractivity contribution in [2.45, 2.75) is 75.5 Å². The number of thiocarbonyl (C=S) groups is 2. The van der Waals surface area contributed by atoms with Crippen LogP contribution in [0.15, 0.2) is 92.8 Å². The topological polar surface area (TPSA) is 277 Å². The van der Waals surface area contributed by atoms with E-state index in [1.54, 1.807) is 26.0 Å². The number of isothiocyanates is 2. The third-order valence-electron chi connectivity index (χ3n) is 10.9. The number of nitro groups is 3. The van der Waals surface area contributed by atoms with Gasteiger partial charge in [0.25, 0.3) is 17.1 Å². The van der Waals surface area contributed by atoms with Crippen LogP contribution in [0, 0.1) is 53.6 Å². The summed E-state index contributed by atoms with van der Waals surface area (Å²) < 4.78 is 55.1. The number of nitrogen functional groups attached to an aromatic ring is 1. The quantitative estimate of drug-likeness (QED) is 0.0184. The number of aliphatic hydroxyl groups excluding tert-OH is 1. The number of hydrogen-bond acceptors (Lipinski definition) is 18. The molecular formula is C44H48Cl2F4N10O7S4. The maximum absolute atomic E-state index is 13.9. The minimum Gasteiger partial charge on any atom is -0.399 e. The number of alkyl halides is 1. The predicted octanol–water partition coefficient (Wildman–Crippen LogP) is 11.0. The second-order valence-corrected chi connectivity index (χ2v) is 19.0. The highest BCUT2D eigenvalue weighted by molar-refractivity contribution is 8.14. The number of benzene rings is 4. The number of nitrogens with two attached hydrogens (primary N) is 3. The molecule has 4 aromatic carbocycles. The largest absolute Gasteiger partial charge is 0.399 e. The van der Waals surface area contributed by atoms with Crippen LogP contribution in [0.25, 0.3) is 0 Å². The third kappa shape index (κ3) is 16.7. The van der Waals surface area contributed by atoms with E-state index in [2.05, 4.69) is 54.7 Å². The first-order chi connectivity index (χ1) is 32.8. The molecule has 6 rings (SSSR count). The van der Waals surface area contributed by atoms with Gasteiger partial charge in [0.1, 0.15) is 23.3 Å². The maximum atomic E-state index is 13.9. The Morgan fingerprint density at radius 3 is 1.42 bits per heavy atom. The van der Waals surface area contributed by atoms with Crippen LogP contribution in [0.3, 0.4) is 0 Å². The lowest BCUT2D eigenvalue weighted by atomic mass is 9.89. The van der Waals surface area contributed by atoms with Crippen LogP contribution in [0.4, 0.5) is 40.3 Å². The molecule has 4 aromatic rings. The van der Waals surface area contributed by atoms with Crippen LogP contribution in [0.2, 0.25) is 0 Å². The highest BCUT2D eigenvalue weighted by Gasteiger charge is 2.35. The number of anilines is 1. The molecule has 0 spiro atoms. The molecule has 2 aliphatic rings. The maximum Gasteiger partial charge on any atom is 0.270 e. The van der Waals surface area contributed by atoms with E-state index in [4.69, 9.17) is 33.9 Å². The fourth-order valence-corrected chi connectivity index (χ4v) is 9.66. The smallest absolute Gasteiger partial charge is 0.270 e. The molecule has 0 saturated carbocycles. The lowest BCUT2D eigenvalue weighted by Gasteiger charge is -2.30. The summed E-state index contributed by atoms with van der Waals surface area (Å²) in [4.78, 5) is 46.7. The van der Waals surface area contributed by atoms with Crippen molar-refractivity contribution in [1.82, 2.24) is 0 Å². The first kappa shape index (κ1) is 61.5. The summed E-state index contributed by atoms with van der Waals surface area (Å²) in [6, 6.07) is 14.5. The Morgan fingerprint density at radius 1 is 0.690 bits per heavy atom. The Morgan fingerprint density at radius 2 is 1.06 bits per heavy atom. The first-order valence-corrected chi connectivity index (χ1v) is 23.8. The zero-order chi connectivity index (χ0) is 52.6. The highest BCUT2D eigenvalue weighted by Crippen LogP contribution is 2.39. The summed E-state index contributed by atoms with van der Waals surface area (Å²) in [6.45, 7) is 6.51. The number of aliphatic hydroxyl groups is 1.